The van der Waals surface area contributed by atoms with Gasteiger partial charge in [0.05, 0.1) is 18.1 Å². The van der Waals surface area contributed by atoms with Crippen molar-refractivity contribution >= 4 is 34.7 Å². The molecule has 2 N–H and O–H groups in total. The number of esters is 1. The van der Waals surface area contributed by atoms with Crippen LogP contribution in [0.15, 0.2) is 23.2 Å². The molecular weight excluding hydrogens is 310 g/mol. The quantitative estimate of drug-likeness (QED) is 0.375. The number of phenolic OH excluding ortho intramolecular Hbond substituents is 1. The van der Waals surface area contributed by atoms with Crippen molar-refractivity contribution in [3.63, 3.8) is 0 Å². The third-order valence-electron chi connectivity index (χ3n) is 3.35. The van der Waals surface area contributed by atoms with E-state index < -0.39 is 34.3 Å². The SMILES string of the molecule is COC(=O)C1C(C)=NC(=S)NC1c1ccc([N+](=O)[O-])c(O)c1. The molecule has 0 saturated heterocycles. The molecule has 1 aliphatic rings. The first-order valence-corrected chi connectivity index (χ1v) is 6.66. The summed E-state index contributed by atoms with van der Waals surface area (Å²) in [5.41, 5.74) is 0.524. The van der Waals surface area contributed by atoms with Gasteiger partial charge in [0.1, 0.15) is 5.92 Å². The Balaban J connectivity index is 2.46. The minimum absolute atomic E-state index is 0.195. The molecule has 116 valence electrons. The van der Waals surface area contributed by atoms with Crippen molar-refractivity contribution in [1.82, 2.24) is 5.32 Å². The fourth-order valence-corrected chi connectivity index (χ4v) is 2.59. The van der Waals surface area contributed by atoms with Gasteiger partial charge in [0, 0.05) is 11.8 Å². The molecule has 0 radical (unpaired) electrons. The van der Waals surface area contributed by atoms with Crippen LogP contribution in [0.5, 0.6) is 5.75 Å². The largest absolute Gasteiger partial charge is 0.502 e. The predicted octanol–water partition coefficient (Wildman–Crippen LogP) is 1.48. The molecule has 0 aromatic heterocycles. The van der Waals surface area contributed by atoms with E-state index in [2.05, 4.69) is 10.3 Å². The van der Waals surface area contributed by atoms with E-state index in [9.17, 15) is 20.0 Å². The number of benzene rings is 1. The van der Waals surface area contributed by atoms with Crippen molar-refractivity contribution in [2.45, 2.75) is 13.0 Å². The van der Waals surface area contributed by atoms with Crippen LogP contribution >= 0.6 is 12.2 Å². The number of phenols is 1. The summed E-state index contributed by atoms with van der Waals surface area (Å²) in [5, 5.41) is 23.6. The maximum atomic E-state index is 12.0. The van der Waals surface area contributed by atoms with Gasteiger partial charge >= 0.3 is 11.7 Å². The summed E-state index contributed by atoms with van der Waals surface area (Å²) in [6.07, 6.45) is 0. The smallest absolute Gasteiger partial charge is 0.316 e. The zero-order valence-electron chi connectivity index (χ0n) is 11.8. The molecule has 0 fully saturated rings. The number of methoxy groups -OCH3 is 1. The lowest BCUT2D eigenvalue weighted by molar-refractivity contribution is -0.385. The zero-order valence-corrected chi connectivity index (χ0v) is 12.6. The average molecular weight is 323 g/mol. The van der Waals surface area contributed by atoms with Gasteiger partial charge in [-0.05, 0) is 36.8 Å². The minimum atomic E-state index is -0.738. The summed E-state index contributed by atoms with van der Waals surface area (Å²) in [7, 11) is 1.26. The standard InChI is InChI=1S/C13H13N3O5S/c1-6-10(12(18)21-2)11(15-13(22)14-6)7-3-4-8(16(19)20)9(17)5-7/h3-5,10-11,17H,1-2H3,(H,15,22). The summed E-state index contributed by atoms with van der Waals surface area (Å²) in [5.74, 6) is -1.74. The van der Waals surface area contributed by atoms with Crippen molar-refractivity contribution in [3.8, 4) is 5.75 Å². The molecule has 0 bridgehead atoms. The van der Waals surface area contributed by atoms with E-state index in [1.54, 1.807) is 6.92 Å². The zero-order chi connectivity index (χ0) is 16.4. The lowest BCUT2D eigenvalue weighted by Crippen LogP contribution is -2.43. The van der Waals surface area contributed by atoms with Crippen molar-refractivity contribution in [2.75, 3.05) is 7.11 Å². The van der Waals surface area contributed by atoms with Gasteiger partial charge in [-0.2, -0.15) is 0 Å². The Morgan fingerprint density at radius 3 is 2.77 bits per heavy atom. The van der Waals surface area contributed by atoms with Crippen LogP contribution in [-0.4, -0.2) is 33.9 Å². The van der Waals surface area contributed by atoms with E-state index in [4.69, 9.17) is 17.0 Å². The van der Waals surface area contributed by atoms with Crippen LogP contribution in [0.25, 0.3) is 0 Å². The number of hydrogen-bond acceptors (Lipinski definition) is 6. The maximum absolute atomic E-state index is 12.0. The topological polar surface area (TPSA) is 114 Å². The lowest BCUT2D eigenvalue weighted by Gasteiger charge is -2.30. The highest BCUT2D eigenvalue weighted by atomic mass is 32.1. The molecule has 2 atom stereocenters. The molecule has 2 rings (SSSR count). The number of nitrogens with zero attached hydrogens (tertiary/aromatic N) is 2. The first-order chi connectivity index (χ1) is 10.3. The maximum Gasteiger partial charge on any atom is 0.316 e. The number of nitro benzene ring substituents is 1. The number of thiocarbonyl (C=S) groups is 1. The van der Waals surface area contributed by atoms with E-state index in [-0.39, 0.29) is 5.11 Å². The van der Waals surface area contributed by atoms with Crippen LogP contribution in [0, 0.1) is 16.0 Å². The Hall–Kier alpha value is -2.55. The molecular formula is C13H13N3O5S. The van der Waals surface area contributed by atoms with Crippen LogP contribution in [0.3, 0.4) is 0 Å². The molecule has 0 saturated carbocycles. The second-order valence-corrected chi connectivity index (χ2v) is 5.07. The fraction of sp³-hybridized carbons (Fsp3) is 0.308. The van der Waals surface area contributed by atoms with Crippen molar-refractivity contribution in [1.29, 1.82) is 0 Å². The Morgan fingerprint density at radius 2 is 2.23 bits per heavy atom. The van der Waals surface area contributed by atoms with Crippen molar-refractivity contribution < 1.29 is 19.6 Å². The average Bonchev–Trinajstić information content (AvgIpc) is 2.45. The van der Waals surface area contributed by atoms with Gasteiger partial charge in [-0.15, -0.1) is 0 Å². The first-order valence-electron chi connectivity index (χ1n) is 6.26. The number of carbonyl (C=O) groups excluding carboxylic acids is 1. The number of carbonyl (C=O) groups is 1. The summed E-state index contributed by atoms with van der Waals surface area (Å²) in [6, 6.07) is 3.23. The number of nitrogens with one attached hydrogen (secondary N) is 1. The van der Waals surface area contributed by atoms with Gasteiger partial charge in [-0.1, -0.05) is 0 Å². The summed E-state index contributed by atoms with van der Waals surface area (Å²) in [4.78, 5) is 26.1. The van der Waals surface area contributed by atoms with Crippen LogP contribution < -0.4 is 5.32 Å². The van der Waals surface area contributed by atoms with E-state index in [1.165, 1.54) is 25.3 Å². The number of hydrogen-bond donors (Lipinski definition) is 2. The Kier molecular flexibility index (Phi) is 4.36. The second-order valence-electron chi connectivity index (χ2n) is 4.69. The van der Waals surface area contributed by atoms with Crippen LogP contribution in [0.1, 0.15) is 18.5 Å². The Morgan fingerprint density at radius 1 is 1.55 bits per heavy atom. The van der Waals surface area contributed by atoms with E-state index in [1.807, 2.05) is 0 Å². The molecule has 22 heavy (non-hydrogen) atoms. The molecule has 0 amide bonds. The van der Waals surface area contributed by atoms with Gasteiger partial charge < -0.3 is 15.2 Å². The highest BCUT2D eigenvalue weighted by molar-refractivity contribution is 7.80. The molecule has 0 spiro atoms. The van der Waals surface area contributed by atoms with Gasteiger partial charge in [0.25, 0.3) is 0 Å². The second kappa shape index (κ2) is 6.06. The Bertz CT molecular complexity index is 688. The van der Waals surface area contributed by atoms with Crippen LogP contribution in [0.2, 0.25) is 0 Å². The first kappa shape index (κ1) is 15.8. The van der Waals surface area contributed by atoms with Gasteiger partial charge in [-0.25, -0.2) is 4.99 Å². The minimum Gasteiger partial charge on any atom is -0.502 e. The van der Waals surface area contributed by atoms with E-state index in [0.29, 0.717) is 11.3 Å². The van der Waals surface area contributed by atoms with Crippen LogP contribution in [-0.2, 0) is 9.53 Å². The normalized spacial score (nSPS) is 20.8. The van der Waals surface area contributed by atoms with Crippen molar-refractivity contribution in [3.05, 3.63) is 33.9 Å². The highest BCUT2D eigenvalue weighted by Gasteiger charge is 2.37. The predicted molar refractivity (Wildman–Crippen MR) is 81.9 cm³/mol. The van der Waals surface area contributed by atoms with Gasteiger partial charge in [0.2, 0.25) is 0 Å². The summed E-state index contributed by atoms with van der Waals surface area (Å²) in [6.45, 7) is 1.65. The van der Waals surface area contributed by atoms with Gasteiger partial charge in [0.15, 0.2) is 10.9 Å². The fourth-order valence-electron chi connectivity index (χ4n) is 2.32. The van der Waals surface area contributed by atoms with Crippen molar-refractivity contribution in [2.24, 2.45) is 10.9 Å². The van der Waals surface area contributed by atoms with E-state index in [0.717, 1.165) is 0 Å². The number of rotatable bonds is 3. The number of aliphatic imine (C=N–C) groups is 1. The molecule has 8 nitrogen and oxygen atoms in total. The molecule has 2 unspecified atom stereocenters. The molecule has 1 aliphatic heterocycles. The van der Waals surface area contributed by atoms with Gasteiger partial charge in [-0.3, -0.25) is 14.9 Å². The molecule has 0 aliphatic carbocycles. The summed E-state index contributed by atoms with van der Waals surface area (Å²) >= 11 is 5.01. The van der Waals surface area contributed by atoms with Crippen LogP contribution in [0.4, 0.5) is 5.69 Å². The third kappa shape index (κ3) is 2.89. The number of ether oxygens (including phenoxy) is 1. The third-order valence-corrected chi connectivity index (χ3v) is 3.56. The summed E-state index contributed by atoms with van der Waals surface area (Å²) < 4.78 is 4.77. The monoisotopic (exact) mass is 323 g/mol. The molecule has 1 aromatic rings. The Labute approximate surface area is 131 Å². The lowest BCUT2D eigenvalue weighted by atomic mass is 9.88. The highest BCUT2D eigenvalue weighted by Crippen LogP contribution is 2.33. The number of aromatic hydroxyl groups is 1. The molecule has 1 heterocycles. The molecule has 1 aromatic carbocycles. The van der Waals surface area contributed by atoms with E-state index >= 15 is 0 Å². The molecule has 9 heteroatoms. The number of nitro groups is 1.